The monoisotopic (exact) mass is 481 g/mol. The van der Waals surface area contributed by atoms with Crippen LogP contribution in [0.15, 0.2) is 60.0 Å². The van der Waals surface area contributed by atoms with Gasteiger partial charge in [0.05, 0.1) is 24.5 Å². The third kappa shape index (κ3) is 5.23. The third-order valence-corrected chi connectivity index (χ3v) is 5.99. The summed E-state index contributed by atoms with van der Waals surface area (Å²) in [5.41, 5.74) is 2.44. The standard InChI is InChI=1S/C22H23N7O4S/c1-14(30)23-11-15-8-16(10-17(9-15)33-3)25-21-22(27-19-7-5-4-6-18(19)26-21)28-34(31,32)20-12-29(2)13-24-20/h4-10,12-13H,11H2,1-3H3,(H,23,30)(H,25,26)(H,27,28). The molecule has 11 nitrogen and oxygen atoms in total. The second-order valence-electron chi connectivity index (χ2n) is 7.50. The number of benzene rings is 2. The van der Waals surface area contributed by atoms with Crippen LogP contribution in [-0.4, -0.2) is 41.0 Å². The number of ether oxygens (including phenoxy) is 1. The topological polar surface area (TPSA) is 140 Å². The Balaban J connectivity index is 1.74. The van der Waals surface area contributed by atoms with Crippen molar-refractivity contribution in [2.75, 3.05) is 17.1 Å². The van der Waals surface area contributed by atoms with E-state index >= 15 is 0 Å². The summed E-state index contributed by atoms with van der Waals surface area (Å²) < 4.78 is 35.2. The van der Waals surface area contributed by atoms with E-state index in [2.05, 4.69) is 30.3 Å². The predicted molar refractivity (Wildman–Crippen MR) is 127 cm³/mol. The van der Waals surface area contributed by atoms with Crippen LogP contribution in [0.5, 0.6) is 5.75 Å². The molecule has 4 rings (SSSR count). The number of hydrogen-bond donors (Lipinski definition) is 3. The minimum Gasteiger partial charge on any atom is -0.497 e. The number of para-hydroxylation sites is 2. The van der Waals surface area contributed by atoms with E-state index in [0.717, 1.165) is 5.56 Å². The van der Waals surface area contributed by atoms with Crippen LogP contribution in [0.4, 0.5) is 17.3 Å². The van der Waals surface area contributed by atoms with Crippen molar-refractivity contribution in [1.29, 1.82) is 0 Å². The second-order valence-corrected chi connectivity index (χ2v) is 9.13. The van der Waals surface area contributed by atoms with E-state index in [-0.39, 0.29) is 22.6 Å². The van der Waals surface area contributed by atoms with Gasteiger partial charge in [-0.2, -0.15) is 8.42 Å². The molecule has 2 aromatic carbocycles. The molecule has 3 N–H and O–H groups in total. The molecular weight excluding hydrogens is 458 g/mol. The normalized spacial score (nSPS) is 11.3. The van der Waals surface area contributed by atoms with E-state index in [1.54, 1.807) is 43.4 Å². The Kier molecular flexibility index (Phi) is 6.32. The van der Waals surface area contributed by atoms with Crippen molar-refractivity contribution >= 4 is 44.3 Å². The molecule has 12 heteroatoms. The maximum Gasteiger partial charge on any atom is 0.282 e. The molecule has 176 valence electrons. The lowest BCUT2D eigenvalue weighted by Gasteiger charge is -2.15. The van der Waals surface area contributed by atoms with Crippen LogP contribution in [0, 0.1) is 0 Å². The molecule has 2 heterocycles. The van der Waals surface area contributed by atoms with Crippen LogP contribution in [-0.2, 0) is 28.4 Å². The van der Waals surface area contributed by atoms with Crippen LogP contribution >= 0.6 is 0 Å². The maximum atomic E-state index is 12.9. The van der Waals surface area contributed by atoms with Crippen molar-refractivity contribution < 1.29 is 17.9 Å². The fourth-order valence-corrected chi connectivity index (χ4v) is 4.17. The molecule has 0 fully saturated rings. The number of aryl methyl sites for hydroxylation is 1. The van der Waals surface area contributed by atoms with E-state index in [1.165, 1.54) is 31.1 Å². The summed E-state index contributed by atoms with van der Waals surface area (Å²) in [7, 11) is -0.804. The van der Waals surface area contributed by atoms with E-state index in [0.29, 0.717) is 29.0 Å². The molecule has 0 bridgehead atoms. The number of fused-ring (bicyclic) bond motifs is 1. The summed E-state index contributed by atoms with van der Waals surface area (Å²) in [5, 5.41) is 5.72. The summed E-state index contributed by atoms with van der Waals surface area (Å²) in [5.74, 6) is 0.589. The van der Waals surface area contributed by atoms with E-state index in [9.17, 15) is 13.2 Å². The minimum absolute atomic E-state index is 0.00980. The van der Waals surface area contributed by atoms with Gasteiger partial charge >= 0.3 is 0 Å². The van der Waals surface area contributed by atoms with Gasteiger partial charge in [0.25, 0.3) is 10.0 Å². The highest BCUT2D eigenvalue weighted by Gasteiger charge is 2.21. The smallest absolute Gasteiger partial charge is 0.282 e. The average Bonchev–Trinajstić information content (AvgIpc) is 3.25. The number of imidazole rings is 1. The van der Waals surface area contributed by atoms with E-state index in [4.69, 9.17) is 4.74 Å². The van der Waals surface area contributed by atoms with Gasteiger partial charge in [-0.05, 0) is 29.8 Å². The van der Waals surface area contributed by atoms with Gasteiger partial charge in [0.1, 0.15) is 5.75 Å². The molecule has 4 aromatic rings. The number of carbonyl (C=O) groups is 1. The molecule has 0 unspecified atom stereocenters. The highest BCUT2D eigenvalue weighted by Crippen LogP contribution is 2.29. The molecule has 0 saturated carbocycles. The third-order valence-electron chi connectivity index (χ3n) is 4.76. The molecule has 0 spiro atoms. The molecule has 0 atom stereocenters. The van der Waals surface area contributed by atoms with Crippen LogP contribution in [0.3, 0.4) is 0 Å². The van der Waals surface area contributed by atoms with Crippen molar-refractivity contribution in [2.45, 2.75) is 18.5 Å². The second kappa shape index (κ2) is 9.35. The Hall–Kier alpha value is -4.19. The van der Waals surface area contributed by atoms with Gasteiger partial charge in [-0.15, -0.1) is 0 Å². The van der Waals surface area contributed by atoms with Gasteiger partial charge in [-0.1, -0.05) is 12.1 Å². The summed E-state index contributed by atoms with van der Waals surface area (Å²) in [4.78, 5) is 24.3. The molecule has 0 saturated heterocycles. The van der Waals surface area contributed by atoms with Gasteiger partial charge < -0.3 is 19.9 Å². The summed E-state index contributed by atoms with van der Waals surface area (Å²) in [6.07, 6.45) is 2.78. The Labute approximate surface area is 196 Å². The fraction of sp³-hybridized carbons (Fsp3) is 0.182. The molecule has 34 heavy (non-hydrogen) atoms. The van der Waals surface area contributed by atoms with Gasteiger partial charge in [-0.3, -0.25) is 9.52 Å². The van der Waals surface area contributed by atoms with Crippen molar-refractivity contribution in [3.8, 4) is 5.75 Å². The summed E-state index contributed by atoms with van der Waals surface area (Å²) in [6, 6.07) is 12.4. The SMILES string of the molecule is COc1cc(CNC(C)=O)cc(Nc2nc3ccccc3nc2NS(=O)(=O)c2cn(C)cn2)c1. The molecule has 0 aliphatic carbocycles. The molecule has 2 aromatic heterocycles. The fourth-order valence-electron chi connectivity index (χ4n) is 3.18. The number of nitrogens with zero attached hydrogens (tertiary/aromatic N) is 4. The highest BCUT2D eigenvalue weighted by atomic mass is 32.2. The maximum absolute atomic E-state index is 12.9. The lowest BCUT2D eigenvalue weighted by Crippen LogP contribution is -2.19. The first-order valence-electron chi connectivity index (χ1n) is 10.2. The number of nitrogens with one attached hydrogen (secondary N) is 3. The molecule has 0 radical (unpaired) electrons. The first-order chi connectivity index (χ1) is 16.2. The lowest BCUT2D eigenvalue weighted by atomic mass is 10.2. The van der Waals surface area contributed by atoms with E-state index < -0.39 is 10.0 Å². The number of hydrogen-bond acceptors (Lipinski definition) is 8. The Morgan fingerprint density at radius 3 is 2.41 bits per heavy atom. The van der Waals surface area contributed by atoms with E-state index in [1.807, 2.05) is 6.07 Å². The average molecular weight is 482 g/mol. The predicted octanol–water partition coefficient (Wildman–Crippen LogP) is 2.55. The number of carbonyl (C=O) groups excluding carboxylic acids is 1. The van der Waals surface area contributed by atoms with Gasteiger partial charge in [-0.25, -0.2) is 15.0 Å². The number of amides is 1. The zero-order valence-electron chi connectivity index (χ0n) is 18.7. The highest BCUT2D eigenvalue weighted by molar-refractivity contribution is 7.92. The van der Waals surface area contributed by atoms with Gasteiger partial charge in [0.15, 0.2) is 16.7 Å². The largest absolute Gasteiger partial charge is 0.497 e. The minimum atomic E-state index is -4.01. The van der Waals surface area contributed by atoms with Crippen molar-refractivity contribution in [2.24, 2.45) is 7.05 Å². The van der Waals surface area contributed by atoms with Crippen LogP contribution < -0.4 is 20.1 Å². The Morgan fingerprint density at radius 2 is 1.79 bits per heavy atom. The zero-order chi connectivity index (χ0) is 24.3. The first-order valence-corrected chi connectivity index (χ1v) is 11.7. The van der Waals surface area contributed by atoms with Crippen molar-refractivity contribution in [3.63, 3.8) is 0 Å². The number of rotatable bonds is 8. The zero-order valence-corrected chi connectivity index (χ0v) is 19.5. The van der Waals surface area contributed by atoms with Crippen molar-refractivity contribution in [3.05, 3.63) is 60.6 Å². The van der Waals surface area contributed by atoms with Crippen LogP contribution in [0.25, 0.3) is 11.0 Å². The lowest BCUT2D eigenvalue weighted by molar-refractivity contribution is -0.119. The summed E-state index contributed by atoms with van der Waals surface area (Å²) in [6.45, 7) is 1.73. The van der Waals surface area contributed by atoms with Crippen LogP contribution in [0.2, 0.25) is 0 Å². The quantitative estimate of drug-likeness (QED) is 0.349. The number of sulfonamides is 1. The number of aromatic nitrogens is 4. The first kappa shape index (κ1) is 23.0. The number of anilines is 3. The summed E-state index contributed by atoms with van der Waals surface area (Å²) >= 11 is 0. The van der Waals surface area contributed by atoms with Gasteiger partial charge in [0.2, 0.25) is 5.91 Å². The van der Waals surface area contributed by atoms with Crippen LogP contribution in [0.1, 0.15) is 12.5 Å². The molecule has 0 aliphatic rings. The number of methoxy groups -OCH3 is 1. The Morgan fingerprint density at radius 1 is 1.09 bits per heavy atom. The molecule has 1 amide bonds. The van der Waals surface area contributed by atoms with Gasteiger partial charge in [0, 0.05) is 38.5 Å². The molecular formula is C22H23N7O4S. The Bertz CT molecular complexity index is 1470. The molecule has 0 aliphatic heterocycles. The van der Waals surface area contributed by atoms with Crippen molar-refractivity contribution in [1.82, 2.24) is 24.8 Å².